The summed E-state index contributed by atoms with van der Waals surface area (Å²) >= 11 is 3.40. The number of nitriles is 1. The molecule has 0 saturated carbocycles. The predicted molar refractivity (Wildman–Crippen MR) is 66.1 cm³/mol. The van der Waals surface area contributed by atoms with Gasteiger partial charge in [0.05, 0.1) is 12.2 Å². The highest BCUT2D eigenvalue weighted by Gasteiger charge is 2.25. The molecule has 1 saturated heterocycles. The molecule has 2 unspecified atom stereocenters. The van der Waals surface area contributed by atoms with E-state index in [4.69, 9.17) is 10.00 Å². The normalized spacial score (nSPS) is 21.4. The Hall–Kier alpha value is -1.05. The second-order valence-corrected chi connectivity index (χ2v) is 4.73. The van der Waals surface area contributed by atoms with Crippen molar-refractivity contribution in [2.75, 3.05) is 11.9 Å². The standard InChI is InChI=1S/C12H13BrN2O/c13-9-3-1-4-10(7-9)15-11(8-14)12-5-2-6-16-12/h1,3-4,7,11-12,15H,2,5-6H2. The zero-order valence-electron chi connectivity index (χ0n) is 8.82. The topological polar surface area (TPSA) is 45.0 Å². The van der Waals surface area contributed by atoms with Crippen molar-refractivity contribution in [2.45, 2.75) is 25.0 Å². The zero-order chi connectivity index (χ0) is 11.4. The Morgan fingerprint density at radius 1 is 1.56 bits per heavy atom. The highest BCUT2D eigenvalue weighted by molar-refractivity contribution is 9.10. The molecule has 0 radical (unpaired) electrons. The van der Waals surface area contributed by atoms with Gasteiger partial charge in [-0.1, -0.05) is 22.0 Å². The van der Waals surface area contributed by atoms with Gasteiger partial charge in [0.2, 0.25) is 0 Å². The van der Waals surface area contributed by atoms with Crippen LogP contribution in [0.4, 0.5) is 5.69 Å². The summed E-state index contributed by atoms with van der Waals surface area (Å²) in [4.78, 5) is 0. The Morgan fingerprint density at radius 2 is 2.44 bits per heavy atom. The molecule has 0 bridgehead atoms. The minimum absolute atomic E-state index is 0.0176. The Labute approximate surface area is 104 Å². The number of hydrogen-bond acceptors (Lipinski definition) is 3. The fourth-order valence-corrected chi connectivity index (χ4v) is 2.23. The van der Waals surface area contributed by atoms with Gasteiger partial charge in [0.1, 0.15) is 6.04 Å². The van der Waals surface area contributed by atoms with Crippen LogP contribution in [0.25, 0.3) is 0 Å². The summed E-state index contributed by atoms with van der Waals surface area (Å²) in [5, 5.41) is 12.3. The molecule has 3 nitrogen and oxygen atoms in total. The molecule has 0 spiro atoms. The number of anilines is 1. The third-order valence-electron chi connectivity index (χ3n) is 2.62. The third-order valence-corrected chi connectivity index (χ3v) is 3.12. The predicted octanol–water partition coefficient (Wildman–Crippen LogP) is 2.93. The van der Waals surface area contributed by atoms with Gasteiger partial charge >= 0.3 is 0 Å². The van der Waals surface area contributed by atoms with Gasteiger partial charge in [-0.3, -0.25) is 0 Å². The number of rotatable bonds is 3. The van der Waals surface area contributed by atoms with Gasteiger partial charge in [0.15, 0.2) is 0 Å². The number of nitrogens with zero attached hydrogens (tertiary/aromatic N) is 1. The van der Waals surface area contributed by atoms with Gasteiger partial charge in [0, 0.05) is 16.8 Å². The Bertz CT molecular complexity index is 396. The highest BCUT2D eigenvalue weighted by atomic mass is 79.9. The monoisotopic (exact) mass is 280 g/mol. The van der Waals surface area contributed by atoms with Crippen LogP contribution in [0, 0.1) is 11.3 Å². The van der Waals surface area contributed by atoms with Crippen molar-refractivity contribution in [1.29, 1.82) is 5.26 Å². The van der Waals surface area contributed by atoms with Crippen LogP contribution >= 0.6 is 15.9 Å². The van der Waals surface area contributed by atoms with E-state index >= 15 is 0 Å². The first-order valence-electron chi connectivity index (χ1n) is 5.33. The van der Waals surface area contributed by atoms with Gasteiger partial charge in [-0.25, -0.2) is 0 Å². The average molecular weight is 281 g/mol. The molecule has 0 aromatic heterocycles. The summed E-state index contributed by atoms with van der Waals surface area (Å²) in [6.45, 7) is 0.767. The molecule has 1 aromatic rings. The Morgan fingerprint density at radius 3 is 3.06 bits per heavy atom. The van der Waals surface area contributed by atoms with Crippen molar-refractivity contribution >= 4 is 21.6 Å². The van der Waals surface area contributed by atoms with E-state index < -0.39 is 0 Å². The van der Waals surface area contributed by atoms with Crippen LogP contribution in [0.2, 0.25) is 0 Å². The molecule has 0 amide bonds. The third kappa shape index (κ3) is 2.75. The van der Waals surface area contributed by atoms with Crippen molar-refractivity contribution in [1.82, 2.24) is 0 Å². The molecule has 1 aliphatic rings. The molecule has 1 aromatic carbocycles. The quantitative estimate of drug-likeness (QED) is 0.926. The van der Waals surface area contributed by atoms with Crippen LogP contribution in [-0.4, -0.2) is 18.8 Å². The molecule has 4 heteroatoms. The number of halogens is 1. The second kappa shape index (κ2) is 5.33. The molecule has 0 aliphatic carbocycles. The summed E-state index contributed by atoms with van der Waals surface area (Å²) in [6.07, 6.45) is 2.02. The van der Waals surface area contributed by atoms with E-state index in [-0.39, 0.29) is 12.1 Å². The van der Waals surface area contributed by atoms with Gasteiger partial charge in [0.25, 0.3) is 0 Å². The second-order valence-electron chi connectivity index (χ2n) is 3.81. The van der Waals surface area contributed by atoms with Crippen molar-refractivity contribution in [3.05, 3.63) is 28.7 Å². The lowest BCUT2D eigenvalue weighted by molar-refractivity contribution is 0.107. The molecule has 2 rings (SSSR count). The minimum atomic E-state index is -0.267. The first-order chi connectivity index (χ1) is 7.79. The van der Waals surface area contributed by atoms with Crippen LogP contribution in [0.15, 0.2) is 28.7 Å². The van der Waals surface area contributed by atoms with Crippen LogP contribution < -0.4 is 5.32 Å². The van der Waals surface area contributed by atoms with Crippen molar-refractivity contribution in [2.24, 2.45) is 0 Å². The van der Waals surface area contributed by atoms with Crippen molar-refractivity contribution in [3.8, 4) is 6.07 Å². The first kappa shape index (κ1) is 11.4. The molecule has 1 fully saturated rings. The van der Waals surface area contributed by atoms with Crippen LogP contribution in [0.1, 0.15) is 12.8 Å². The van der Waals surface area contributed by atoms with E-state index in [2.05, 4.69) is 27.3 Å². The molecule has 84 valence electrons. The van der Waals surface area contributed by atoms with Crippen LogP contribution in [-0.2, 0) is 4.74 Å². The van der Waals surface area contributed by atoms with Gasteiger partial charge < -0.3 is 10.1 Å². The maximum atomic E-state index is 9.11. The first-order valence-corrected chi connectivity index (χ1v) is 6.12. The number of hydrogen-bond donors (Lipinski definition) is 1. The molecule has 1 N–H and O–H groups in total. The zero-order valence-corrected chi connectivity index (χ0v) is 10.4. The van der Waals surface area contributed by atoms with E-state index in [1.54, 1.807) is 0 Å². The lowest BCUT2D eigenvalue weighted by Gasteiger charge is -2.18. The molecular weight excluding hydrogens is 268 g/mol. The fourth-order valence-electron chi connectivity index (χ4n) is 1.83. The smallest absolute Gasteiger partial charge is 0.141 e. The maximum absolute atomic E-state index is 9.11. The molecule has 16 heavy (non-hydrogen) atoms. The summed E-state index contributed by atoms with van der Waals surface area (Å²) in [6, 6.07) is 9.80. The van der Waals surface area contributed by atoms with Crippen molar-refractivity contribution in [3.63, 3.8) is 0 Å². The number of benzene rings is 1. The van der Waals surface area contributed by atoms with Gasteiger partial charge in [-0.2, -0.15) is 5.26 Å². The van der Waals surface area contributed by atoms with Crippen LogP contribution in [0.3, 0.4) is 0 Å². The minimum Gasteiger partial charge on any atom is -0.375 e. The van der Waals surface area contributed by atoms with Gasteiger partial charge in [-0.05, 0) is 31.0 Å². The fraction of sp³-hybridized carbons (Fsp3) is 0.417. The van der Waals surface area contributed by atoms with Crippen LogP contribution in [0.5, 0.6) is 0 Å². The van der Waals surface area contributed by atoms with E-state index in [1.165, 1.54) is 0 Å². The molecule has 1 heterocycles. The van der Waals surface area contributed by atoms with Gasteiger partial charge in [-0.15, -0.1) is 0 Å². The number of ether oxygens (including phenoxy) is 1. The Balaban J connectivity index is 2.04. The lowest BCUT2D eigenvalue weighted by atomic mass is 10.1. The van der Waals surface area contributed by atoms with Crippen molar-refractivity contribution < 1.29 is 4.74 Å². The largest absolute Gasteiger partial charge is 0.375 e. The number of nitrogens with one attached hydrogen (secondary N) is 1. The molecule has 2 atom stereocenters. The lowest BCUT2D eigenvalue weighted by Crippen LogP contribution is -2.31. The van der Waals surface area contributed by atoms with E-state index in [1.807, 2.05) is 24.3 Å². The summed E-state index contributed by atoms with van der Waals surface area (Å²) < 4.78 is 6.51. The maximum Gasteiger partial charge on any atom is 0.141 e. The summed E-state index contributed by atoms with van der Waals surface area (Å²) in [5.41, 5.74) is 0.941. The summed E-state index contributed by atoms with van der Waals surface area (Å²) in [5.74, 6) is 0. The van der Waals surface area contributed by atoms with E-state index in [9.17, 15) is 0 Å². The summed E-state index contributed by atoms with van der Waals surface area (Å²) in [7, 11) is 0. The molecule has 1 aliphatic heterocycles. The van der Waals surface area contributed by atoms with E-state index in [0.717, 1.165) is 29.6 Å². The molecular formula is C12H13BrN2O. The average Bonchev–Trinajstić information content (AvgIpc) is 2.79. The SMILES string of the molecule is N#CC(Nc1cccc(Br)c1)C1CCCO1. The Kier molecular flexibility index (Phi) is 3.81. The highest BCUT2D eigenvalue weighted by Crippen LogP contribution is 2.21. The van der Waals surface area contributed by atoms with E-state index in [0.29, 0.717) is 0 Å².